The average Bonchev–Trinajstić information content (AvgIpc) is 3.84. The molecule has 2 saturated carbocycles. The van der Waals surface area contributed by atoms with Gasteiger partial charge in [-0.05, 0) is 89.5 Å². The number of carbonyl (C=O) groups excluding carboxylic acids is 2. The fourth-order valence-corrected chi connectivity index (χ4v) is 7.82. The van der Waals surface area contributed by atoms with E-state index in [1.807, 2.05) is 59.9 Å². The summed E-state index contributed by atoms with van der Waals surface area (Å²) in [6.45, 7) is 7.91. The maximum Gasteiger partial charge on any atom is 0.321 e. The number of carbonyl (C=O) groups is 2. The van der Waals surface area contributed by atoms with Crippen molar-refractivity contribution in [3.05, 3.63) is 106 Å². The molecule has 0 unspecified atom stereocenters. The number of aliphatic hydroxyl groups is 2. The van der Waals surface area contributed by atoms with Crippen LogP contribution in [0.1, 0.15) is 110 Å². The molecule has 316 valence electrons. The molecule has 0 aliphatic heterocycles. The van der Waals surface area contributed by atoms with Gasteiger partial charge in [0.25, 0.3) is 11.4 Å². The van der Waals surface area contributed by atoms with E-state index < -0.39 is 11.8 Å². The number of amides is 2. The predicted molar refractivity (Wildman–Crippen MR) is 225 cm³/mol. The maximum absolute atomic E-state index is 12.7. The lowest BCUT2D eigenvalue weighted by Gasteiger charge is -2.25. The highest BCUT2D eigenvalue weighted by molar-refractivity contribution is 6.05. The van der Waals surface area contributed by atoms with Crippen molar-refractivity contribution >= 4 is 45.0 Å². The zero-order chi connectivity index (χ0) is 42.5. The molecule has 8 rings (SSSR count). The lowest BCUT2D eigenvalue weighted by molar-refractivity contribution is -0.614. The Morgan fingerprint density at radius 2 is 1.05 bits per heavy atom. The normalized spacial score (nSPS) is 19.0. The van der Waals surface area contributed by atoms with Crippen molar-refractivity contribution in [2.75, 3.05) is 23.8 Å². The number of ether oxygens (including phenoxy) is 2. The lowest BCUT2D eigenvalue weighted by Crippen LogP contribution is -2.39. The zero-order valence-electron chi connectivity index (χ0n) is 34.3. The van der Waals surface area contributed by atoms with E-state index in [1.165, 1.54) is 12.1 Å². The molecule has 4 N–H and O–H groups in total. The summed E-state index contributed by atoms with van der Waals surface area (Å²) < 4.78 is 16.6. The number of hydrogen-bond acceptors (Lipinski definition) is 10. The van der Waals surface area contributed by atoms with E-state index in [0.717, 1.165) is 73.2 Å². The van der Waals surface area contributed by atoms with Crippen molar-refractivity contribution in [3.63, 3.8) is 0 Å². The monoisotopic (exact) mass is 820 g/mol. The number of aromatic nitrogens is 6. The van der Waals surface area contributed by atoms with Crippen molar-refractivity contribution in [1.82, 2.24) is 19.6 Å². The van der Waals surface area contributed by atoms with Gasteiger partial charge in [0.05, 0.1) is 59.9 Å². The van der Waals surface area contributed by atoms with Gasteiger partial charge in [-0.25, -0.2) is 0 Å². The summed E-state index contributed by atoms with van der Waals surface area (Å²) in [6.07, 6.45) is 10.1. The molecule has 2 aliphatic carbocycles. The number of nitrogens with one attached hydrogen (secondary N) is 2. The first-order valence-corrected chi connectivity index (χ1v) is 20.6. The van der Waals surface area contributed by atoms with Crippen molar-refractivity contribution in [2.45, 2.75) is 103 Å². The molecule has 2 aliphatic rings. The second-order valence-electron chi connectivity index (χ2n) is 15.4. The van der Waals surface area contributed by atoms with E-state index in [2.05, 4.69) is 10.6 Å². The van der Waals surface area contributed by atoms with Crippen LogP contribution >= 0.6 is 0 Å². The fourth-order valence-electron chi connectivity index (χ4n) is 7.82. The topological polar surface area (TPSA) is 207 Å². The minimum atomic E-state index is -0.498. The molecule has 0 atom stereocenters. The molecule has 0 saturated heterocycles. The summed E-state index contributed by atoms with van der Waals surface area (Å²) in [5.74, 6) is 0.0193. The van der Waals surface area contributed by atoms with Crippen LogP contribution in [0.15, 0.2) is 73.1 Å². The highest BCUT2D eigenvalue weighted by Gasteiger charge is 2.25. The molecule has 4 heterocycles. The zero-order valence-corrected chi connectivity index (χ0v) is 34.3. The summed E-state index contributed by atoms with van der Waals surface area (Å²) >= 11 is 0. The number of pyridine rings is 2. The van der Waals surface area contributed by atoms with Gasteiger partial charge in [-0.2, -0.15) is 19.7 Å². The minimum absolute atomic E-state index is 0.0222. The number of fused-ring (bicyclic) bond motifs is 2. The third-order valence-corrected chi connectivity index (χ3v) is 11.2. The van der Waals surface area contributed by atoms with Gasteiger partial charge in [0.1, 0.15) is 11.5 Å². The van der Waals surface area contributed by atoms with Crippen molar-refractivity contribution in [1.29, 1.82) is 0 Å². The van der Waals surface area contributed by atoms with Crippen LogP contribution in [-0.4, -0.2) is 67.0 Å². The SMILES string of the molecule is CCOc1cc2nn(C3CCC(O)CC3)cc2cc1NC(=O)c1cccc(C)[n+]1[O-].CCOc1cc2nn(C3CCC(O)CC3)cc2cc1NC(=O)c1cccc(C)[n+]1[O-]. The third-order valence-electron chi connectivity index (χ3n) is 11.2. The van der Waals surface area contributed by atoms with Crippen LogP contribution in [0, 0.1) is 24.3 Å². The molecule has 6 aromatic rings. The smallest absolute Gasteiger partial charge is 0.321 e. The quantitative estimate of drug-likeness (QED) is 0.0908. The third kappa shape index (κ3) is 9.29. The van der Waals surface area contributed by atoms with Gasteiger partial charge in [-0.15, -0.1) is 0 Å². The average molecular weight is 821 g/mol. The molecular formula is C44H52N8O8. The molecule has 0 spiro atoms. The first-order valence-electron chi connectivity index (χ1n) is 20.6. The number of benzene rings is 2. The molecule has 2 amide bonds. The second kappa shape index (κ2) is 18.3. The maximum atomic E-state index is 12.7. The molecule has 0 bridgehead atoms. The highest BCUT2D eigenvalue weighted by Crippen LogP contribution is 2.35. The summed E-state index contributed by atoms with van der Waals surface area (Å²) in [5.41, 5.74) is 3.48. The van der Waals surface area contributed by atoms with Crippen LogP contribution in [-0.2, 0) is 0 Å². The number of aryl methyl sites for hydroxylation is 2. The molecule has 2 aromatic carbocycles. The standard InChI is InChI=1S/2C22H26N4O4/c2*1-3-30-21-12-18-15(13-25(24-18)16-7-9-17(27)10-8-16)11-19(21)23-22(28)20-6-4-5-14(2)26(20)29/h2*4-6,11-13,16-17,27H,3,7-10H2,1-2H3,(H,23,28). The van der Waals surface area contributed by atoms with Gasteiger partial charge >= 0.3 is 11.8 Å². The Morgan fingerprint density at radius 1 is 0.667 bits per heavy atom. The first kappa shape index (κ1) is 41.9. The second-order valence-corrected chi connectivity index (χ2v) is 15.4. The Hall–Kier alpha value is -6.26. The number of hydrogen-bond donors (Lipinski definition) is 4. The van der Waals surface area contributed by atoms with Gasteiger partial charge in [0.15, 0.2) is 11.4 Å². The number of nitrogens with zero attached hydrogens (tertiary/aromatic N) is 6. The van der Waals surface area contributed by atoms with Crippen LogP contribution in [0.25, 0.3) is 21.8 Å². The Bertz CT molecular complexity index is 2310. The number of aliphatic hydroxyl groups excluding tert-OH is 2. The van der Waals surface area contributed by atoms with Crippen molar-refractivity contribution in [2.24, 2.45) is 0 Å². The summed E-state index contributed by atoms with van der Waals surface area (Å²) in [5, 5.41) is 60.7. The lowest BCUT2D eigenvalue weighted by atomic mass is 9.93. The molecule has 2 fully saturated rings. The Morgan fingerprint density at radius 3 is 1.42 bits per heavy atom. The first-order chi connectivity index (χ1) is 28.9. The molecular weight excluding hydrogens is 769 g/mol. The summed E-state index contributed by atoms with van der Waals surface area (Å²) in [7, 11) is 0. The van der Waals surface area contributed by atoms with Gasteiger partial charge in [0.2, 0.25) is 0 Å². The largest absolute Gasteiger partial charge is 0.618 e. The van der Waals surface area contributed by atoms with Crippen LogP contribution < -0.4 is 29.6 Å². The van der Waals surface area contributed by atoms with Crippen LogP contribution in [0.5, 0.6) is 11.5 Å². The van der Waals surface area contributed by atoms with Crippen molar-refractivity contribution < 1.29 is 38.7 Å². The molecule has 0 radical (unpaired) electrons. The van der Waals surface area contributed by atoms with E-state index >= 15 is 0 Å². The predicted octanol–water partition coefficient (Wildman–Crippen LogP) is 6.21. The molecule has 60 heavy (non-hydrogen) atoms. The van der Waals surface area contributed by atoms with Gasteiger partial charge in [-0.3, -0.25) is 19.0 Å². The molecule has 16 heteroatoms. The highest BCUT2D eigenvalue weighted by atomic mass is 16.5. The Kier molecular flexibility index (Phi) is 12.8. The van der Waals surface area contributed by atoms with Gasteiger partial charge < -0.3 is 40.7 Å². The van der Waals surface area contributed by atoms with E-state index in [4.69, 9.17) is 19.7 Å². The van der Waals surface area contributed by atoms with Crippen LogP contribution in [0.4, 0.5) is 11.4 Å². The van der Waals surface area contributed by atoms with E-state index in [0.29, 0.717) is 56.9 Å². The molecule has 4 aromatic heterocycles. The van der Waals surface area contributed by atoms with Crippen molar-refractivity contribution in [3.8, 4) is 11.5 Å². The Balaban J connectivity index is 0.000000181. The Labute approximate surface area is 347 Å². The summed E-state index contributed by atoms with van der Waals surface area (Å²) in [4.78, 5) is 25.5. The van der Waals surface area contributed by atoms with E-state index in [9.17, 15) is 30.2 Å². The molecule has 16 nitrogen and oxygen atoms in total. The fraction of sp³-hybridized carbons (Fsp3) is 0.409. The van der Waals surface area contributed by atoms with Gasteiger partial charge in [0, 0.05) is 73.4 Å². The van der Waals surface area contributed by atoms with Crippen LogP contribution in [0.2, 0.25) is 0 Å². The van der Waals surface area contributed by atoms with E-state index in [1.54, 1.807) is 38.1 Å². The minimum Gasteiger partial charge on any atom is -0.618 e. The van der Waals surface area contributed by atoms with E-state index in [-0.39, 0.29) is 35.7 Å². The summed E-state index contributed by atoms with van der Waals surface area (Å²) in [6, 6.07) is 17.4. The number of rotatable bonds is 10. The number of anilines is 2. The van der Waals surface area contributed by atoms with Gasteiger partial charge in [-0.1, -0.05) is 0 Å². The van der Waals surface area contributed by atoms with Crippen LogP contribution in [0.3, 0.4) is 0 Å².